The van der Waals surface area contributed by atoms with E-state index in [1.807, 2.05) is 18.2 Å². The first-order valence-electron chi connectivity index (χ1n) is 14.0. The second-order valence-electron chi connectivity index (χ2n) is 9.93. The van der Waals surface area contributed by atoms with Crippen LogP contribution in [-0.4, -0.2) is 25.8 Å². The molecule has 0 spiro atoms. The van der Waals surface area contributed by atoms with Crippen molar-refractivity contribution >= 4 is 5.97 Å². The van der Waals surface area contributed by atoms with Crippen molar-refractivity contribution in [3.63, 3.8) is 0 Å². The normalized spacial score (nSPS) is 14.7. The summed E-state index contributed by atoms with van der Waals surface area (Å²) in [4.78, 5) is 12.7. The van der Waals surface area contributed by atoms with Crippen LogP contribution in [0.3, 0.4) is 0 Å². The van der Waals surface area contributed by atoms with Gasteiger partial charge in [-0.3, -0.25) is 0 Å². The van der Waals surface area contributed by atoms with Gasteiger partial charge in [0.25, 0.3) is 0 Å². The Kier molecular flexibility index (Phi) is 10.3. The molecule has 220 valence electrons. The van der Waals surface area contributed by atoms with Crippen LogP contribution in [0.4, 0.5) is 4.39 Å². The number of methoxy groups -OCH3 is 1. The number of benzene rings is 3. The lowest BCUT2D eigenvalue weighted by Gasteiger charge is -2.27. The maximum atomic E-state index is 13.2. The highest BCUT2D eigenvalue weighted by atomic mass is 19.1. The average molecular weight is 575 g/mol. The fraction of sp³-hybridized carbons (Fsp3) is 0.333. The number of rotatable bonds is 13. The Bertz CT molecular complexity index is 1460. The topological polar surface area (TPSA) is 113 Å². The molecule has 0 saturated carbocycles. The first kappa shape index (κ1) is 30.3. The number of ether oxygens (including phenoxy) is 5. The van der Waals surface area contributed by atoms with Crippen LogP contribution in [0.5, 0.6) is 28.7 Å². The second kappa shape index (κ2) is 14.3. The van der Waals surface area contributed by atoms with Gasteiger partial charge in [0, 0.05) is 11.6 Å². The minimum Gasteiger partial charge on any atom is -0.493 e. The first-order valence-corrected chi connectivity index (χ1v) is 14.0. The van der Waals surface area contributed by atoms with Crippen LogP contribution in [0.15, 0.2) is 72.1 Å². The van der Waals surface area contributed by atoms with Crippen LogP contribution >= 0.6 is 0 Å². The van der Waals surface area contributed by atoms with Crippen molar-refractivity contribution < 1.29 is 32.9 Å². The molecule has 0 fully saturated rings. The fourth-order valence-corrected chi connectivity index (χ4v) is 4.68. The number of halogens is 1. The Morgan fingerprint density at radius 1 is 1.02 bits per heavy atom. The van der Waals surface area contributed by atoms with E-state index in [1.165, 1.54) is 50.5 Å². The van der Waals surface area contributed by atoms with Crippen LogP contribution in [0.2, 0.25) is 0 Å². The standard InChI is InChI=1S/C33H35FN2O6/c1-4-5-6-7-8-17-39-28-16-9-22(18-30(28)38-3)31-26-15-14-25(19-29(26)42-32(36)27(31)20-35)41-33(37)21(2)40-24-12-10-23(34)11-13-24/h9-16,18-19,21,31H,4-8,17,36H2,1-3H3. The molecule has 1 aliphatic heterocycles. The Morgan fingerprint density at radius 2 is 1.76 bits per heavy atom. The predicted molar refractivity (Wildman–Crippen MR) is 155 cm³/mol. The van der Waals surface area contributed by atoms with Crippen LogP contribution in [0, 0.1) is 17.1 Å². The zero-order chi connectivity index (χ0) is 30.1. The Balaban J connectivity index is 1.51. The van der Waals surface area contributed by atoms with E-state index >= 15 is 0 Å². The zero-order valence-electron chi connectivity index (χ0n) is 24.0. The summed E-state index contributed by atoms with van der Waals surface area (Å²) in [6, 6.07) is 17.9. The molecule has 3 aromatic carbocycles. The number of esters is 1. The number of nitrogens with two attached hydrogens (primary N) is 1. The number of allylic oxidation sites excluding steroid dienone is 1. The van der Waals surface area contributed by atoms with Gasteiger partial charge in [-0.25, -0.2) is 9.18 Å². The molecule has 2 atom stereocenters. The minimum absolute atomic E-state index is 0.0436. The summed E-state index contributed by atoms with van der Waals surface area (Å²) in [5.41, 5.74) is 7.85. The van der Waals surface area contributed by atoms with Crippen LogP contribution < -0.4 is 29.4 Å². The Labute approximate surface area is 245 Å². The zero-order valence-corrected chi connectivity index (χ0v) is 24.0. The van der Waals surface area contributed by atoms with E-state index in [9.17, 15) is 14.4 Å². The highest BCUT2D eigenvalue weighted by Crippen LogP contribution is 2.45. The number of carbonyl (C=O) groups is 1. The van der Waals surface area contributed by atoms with E-state index in [-0.39, 0.29) is 17.2 Å². The van der Waals surface area contributed by atoms with Crippen molar-refractivity contribution in [3.8, 4) is 34.8 Å². The van der Waals surface area contributed by atoms with Gasteiger partial charge in [0.1, 0.15) is 34.7 Å². The summed E-state index contributed by atoms with van der Waals surface area (Å²) < 4.78 is 41.6. The first-order chi connectivity index (χ1) is 20.3. The molecule has 0 radical (unpaired) electrons. The van der Waals surface area contributed by atoms with Gasteiger partial charge < -0.3 is 29.4 Å². The summed E-state index contributed by atoms with van der Waals surface area (Å²) >= 11 is 0. The fourth-order valence-electron chi connectivity index (χ4n) is 4.68. The van der Waals surface area contributed by atoms with Crippen LogP contribution in [0.1, 0.15) is 63.0 Å². The third kappa shape index (κ3) is 7.32. The van der Waals surface area contributed by atoms with Gasteiger partial charge in [0.2, 0.25) is 5.88 Å². The predicted octanol–water partition coefficient (Wildman–Crippen LogP) is 6.77. The molecule has 0 aromatic heterocycles. The van der Waals surface area contributed by atoms with Crippen LogP contribution in [0.25, 0.3) is 0 Å². The summed E-state index contributed by atoms with van der Waals surface area (Å²) in [7, 11) is 1.57. The molecule has 0 saturated heterocycles. The second-order valence-corrected chi connectivity index (χ2v) is 9.93. The largest absolute Gasteiger partial charge is 0.493 e. The molecule has 1 heterocycles. The molecule has 9 heteroatoms. The molecule has 1 aliphatic rings. The van der Waals surface area contributed by atoms with Crippen molar-refractivity contribution in [2.24, 2.45) is 5.73 Å². The lowest BCUT2D eigenvalue weighted by molar-refractivity contribution is -0.141. The summed E-state index contributed by atoms with van der Waals surface area (Å²) in [6.45, 7) is 4.30. The molecular weight excluding hydrogens is 539 g/mol. The number of hydrogen-bond donors (Lipinski definition) is 1. The highest BCUT2D eigenvalue weighted by molar-refractivity contribution is 5.77. The highest BCUT2D eigenvalue weighted by Gasteiger charge is 2.32. The Morgan fingerprint density at radius 3 is 2.48 bits per heavy atom. The third-order valence-electron chi connectivity index (χ3n) is 6.89. The smallest absolute Gasteiger partial charge is 0.352 e. The van der Waals surface area contributed by atoms with Crippen molar-refractivity contribution in [3.05, 3.63) is 89.1 Å². The maximum Gasteiger partial charge on any atom is 0.352 e. The number of fused-ring (bicyclic) bond motifs is 1. The summed E-state index contributed by atoms with van der Waals surface area (Å²) in [6.07, 6.45) is 4.71. The lowest BCUT2D eigenvalue weighted by atomic mass is 9.83. The summed E-state index contributed by atoms with van der Waals surface area (Å²) in [5, 5.41) is 9.95. The molecular formula is C33H35FN2O6. The number of hydrogen-bond acceptors (Lipinski definition) is 8. The van der Waals surface area contributed by atoms with Crippen molar-refractivity contribution in [1.82, 2.24) is 0 Å². The van der Waals surface area contributed by atoms with Gasteiger partial charge >= 0.3 is 5.97 Å². The average Bonchev–Trinajstić information content (AvgIpc) is 2.99. The maximum absolute atomic E-state index is 13.2. The third-order valence-corrected chi connectivity index (χ3v) is 6.89. The van der Waals surface area contributed by atoms with E-state index in [1.54, 1.807) is 25.3 Å². The van der Waals surface area contributed by atoms with Crippen LogP contribution in [-0.2, 0) is 4.79 Å². The number of unbranched alkanes of at least 4 members (excludes halogenated alkanes) is 4. The molecule has 42 heavy (non-hydrogen) atoms. The SMILES string of the molecule is CCCCCCCOc1ccc(C2C(C#N)=C(N)Oc3cc(OC(=O)C(C)Oc4ccc(F)cc4)ccc32)cc1OC. The minimum atomic E-state index is -0.958. The molecule has 4 rings (SSSR count). The van der Waals surface area contributed by atoms with E-state index in [0.29, 0.717) is 35.2 Å². The van der Waals surface area contributed by atoms with Crippen molar-refractivity contribution in [1.29, 1.82) is 5.26 Å². The number of nitrogens with zero attached hydrogens (tertiary/aromatic N) is 1. The van der Waals surface area contributed by atoms with Crippen molar-refractivity contribution in [2.75, 3.05) is 13.7 Å². The van der Waals surface area contributed by atoms with Gasteiger partial charge in [-0.05, 0) is 61.4 Å². The lowest BCUT2D eigenvalue weighted by Crippen LogP contribution is -2.28. The Hall–Kier alpha value is -4.71. The molecule has 8 nitrogen and oxygen atoms in total. The molecule has 3 aromatic rings. The monoisotopic (exact) mass is 574 g/mol. The van der Waals surface area contributed by atoms with E-state index in [4.69, 9.17) is 29.4 Å². The molecule has 0 aliphatic carbocycles. The van der Waals surface area contributed by atoms with Crippen molar-refractivity contribution in [2.45, 2.75) is 58.0 Å². The summed E-state index contributed by atoms with van der Waals surface area (Å²) in [5.74, 6) is 0.412. The number of nitriles is 1. The van der Waals surface area contributed by atoms with E-state index < -0.39 is 23.8 Å². The molecule has 0 amide bonds. The molecule has 0 bridgehead atoms. The molecule has 2 unspecified atom stereocenters. The van der Waals surface area contributed by atoms with Gasteiger partial charge in [0.15, 0.2) is 17.6 Å². The number of carbonyl (C=O) groups excluding carboxylic acids is 1. The van der Waals surface area contributed by atoms with E-state index in [2.05, 4.69) is 13.0 Å². The van der Waals surface area contributed by atoms with E-state index in [0.717, 1.165) is 18.4 Å². The van der Waals surface area contributed by atoms with Gasteiger partial charge in [-0.2, -0.15) is 5.26 Å². The van der Waals surface area contributed by atoms with Gasteiger partial charge in [-0.15, -0.1) is 0 Å². The molecule has 2 N–H and O–H groups in total. The van der Waals surface area contributed by atoms with Gasteiger partial charge in [0.05, 0.1) is 19.6 Å². The van der Waals surface area contributed by atoms with Gasteiger partial charge in [-0.1, -0.05) is 44.7 Å². The quantitative estimate of drug-likeness (QED) is 0.135.